The Bertz CT molecular complexity index is 249. The maximum Gasteiger partial charge on any atom is 0.0362 e. The Kier molecular flexibility index (Phi) is 5.40. The molecule has 2 atom stereocenters. The van der Waals surface area contributed by atoms with Gasteiger partial charge in [0.15, 0.2) is 0 Å². The fourth-order valence-corrected chi connectivity index (χ4v) is 5.06. The average Bonchev–Trinajstić information content (AvgIpc) is 2.67. The molecule has 2 rings (SSSR count). The third kappa shape index (κ3) is 2.88. The summed E-state index contributed by atoms with van der Waals surface area (Å²) in [5.74, 6) is 4.21. The second-order valence-electron chi connectivity index (χ2n) is 6.36. The zero-order chi connectivity index (χ0) is 13.0. The molecule has 0 amide bonds. The summed E-state index contributed by atoms with van der Waals surface area (Å²) < 4.78 is 0. The molecule has 0 spiro atoms. The second-order valence-corrected chi connectivity index (χ2v) is 7.58. The largest absolute Gasteiger partial charge is 0.329 e. The van der Waals surface area contributed by atoms with E-state index < -0.39 is 0 Å². The van der Waals surface area contributed by atoms with Gasteiger partial charge < -0.3 is 5.73 Å². The standard InChI is InChI=1S/C15H30N2S/c1-13(2)14-6-3-4-7-15(14,12-16)17-8-5-10-18-11-9-17/h13-14H,3-12,16H2,1-2H3. The molecule has 1 aliphatic carbocycles. The molecule has 2 N–H and O–H groups in total. The van der Waals surface area contributed by atoms with Crippen LogP contribution in [0, 0.1) is 11.8 Å². The summed E-state index contributed by atoms with van der Waals surface area (Å²) in [6, 6.07) is 0. The smallest absolute Gasteiger partial charge is 0.0362 e. The number of rotatable bonds is 3. The zero-order valence-corrected chi connectivity index (χ0v) is 13.0. The van der Waals surface area contributed by atoms with Gasteiger partial charge >= 0.3 is 0 Å². The van der Waals surface area contributed by atoms with Gasteiger partial charge in [-0.25, -0.2) is 0 Å². The number of hydrogen-bond acceptors (Lipinski definition) is 3. The van der Waals surface area contributed by atoms with Crippen molar-refractivity contribution < 1.29 is 0 Å². The van der Waals surface area contributed by atoms with E-state index in [-0.39, 0.29) is 0 Å². The van der Waals surface area contributed by atoms with Crippen molar-refractivity contribution in [2.75, 3.05) is 31.1 Å². The van der Waals surface area contributed by atoms with E-state index in [1.54, 1.807) is 0 Å². The highest BCUT2D eigenvalue weighted by Crippen LogP contribution is 2.42. The molecule has 2 unspecified atom stereocenters. The molecule has 18 heavy (non-hydrogen) atoms. The Hall–Kier alpha value is 0.270. The van der Waals surface area contributed by atoms with E-state index in [0.717, 1.165) is 18.4 Å². The molecule has 0 aromatic heterocycles. The third-order valence-electron chi connectivity index (χ3n) is 5.08. The van der Waals surface area contributed by atoms with Crippen LogP contribution in [0.5, 0.6) is 0 Å². The summed E-state index contributed by atoms with van der Waals surface area (Å²) in [6.45, 7) is 8.18. The molecule has 2 nitrogen and oxygen atoms in total. The first-order valence-corrected chi connectivity index (χ1v) is 8.89. The Balaban J connectivity index is 2.19. The second kappa shape index (κ2) is 6.62. The minimum Gasteiger partial charge on any atom is -0.329 e. The molecule has 1 aliphatic heterocycles. The molecule has 2 fully saturated rings. The lowest BCUT2D eigenvalue weighted by Gasteiger charge is -2.52. The van der Waals surface area contributed by atoms with Gasteiger partial charge in [0, 0.05) is 24.4 Å². The van der Waals surface area contributed by atoms with Crippen molar-refractivity contribution in [3.63, 3.8) is 0 Å². The molecule has 0 aromatic carbocycles. The Morgan fingerprint density at radius 1 is 1.22 bits per heavy atom. The zero-order valence-electron chi connectivity index (χ0n) is 12.2. The summed E-state index contributed by atoms with van der Waals surface area (Å²) >= 11 is 2.12. The minimum absolute atomic E-state index is 0.317. The van der Waals surface area contributed by atoms with Crippen molar-refractivity contribution in [1.82, 2.24) is 4.90 Å². The molecule has 1 heterocycles. The number of nitrogens with zero attached hydrogens (tertiary/aromatic N) is 1. The van der Waals surface area contributed by atoms with E-state index >= 15 is 0 Å². The van der Waals surface area contributed by atoms with Gasteiger partial charge in [-0.15, -0.1) is 0 Å². The Morgan fingerprint density at radius 3 is 2.78 bits per heavy atom. The van der Waals surface area contributed by atoms with Crippen molar-refractivity contribution in [3.8, 4) is 0 Å². The molecular formula is C15H30N2S. The lowest BCUT2D eigenvalue weighted by molar-refractivity contribution is -0.00908. The monoisotopic (exact) mass is 270 g/mol. The van der Waals surface area contributed by atoms with Gasteiger partial charge in [0.2, 0.25) is 0 Å². The van der Waals surface area contributed by atoms with Crippen LogP contribution in [0.15, 0.2) is 0 Å². The van der Waals surface area contributed by atoms with Crippen LogP contribution in [0.4, 0.5) is 0 Å². The Morgan fingerprint density at radius 2 is 2.06 bits per heavy atom. The summed E-state index contributed by atoms with van der Waals surface area (Å²) in [5, 5.41) is 0. The van der Waals surface area contributed by atoms with Crippen LogP contribution in [-0.4, -0.2) is 41.6 Å². The summed E-state index contributed by atoms with van der Waals surface area (Å²) in [6.07, 6.45) is 6.85. The van der Waals surface area contributed by atoms with Gasteiger partial charge in [0.1, 0.15) is 0 Å². The van der Waals surface area contributed by atoms with E-state index in [0.29, 0.717) is 5.54 Å². The average molecular weight is 270 g/mol. The highest BCUT2D eigenvalue weighted by atomic mass is 32.2. The van der Waals surface area contributed by atoms with Crippen LogP contribution in [0.3, 0.4) is 0 Å². The first kappa shape index (κ1) is 14.7. The van der Waals surface area contributed by atoms with Crippen molar-refractivity contribution in [2.45, 2.75) is 51.5 Å². The number of nitrogens with two attached hydrogens (primary N) is 1. The van der Waals surface area contributed by atoms with Crippen molar-refractivity contribution in [1.29, 1.82) is 0 Å². The molecule has 106 valence electrons. The number of hydrogen-bond donors (Lipinski definition) is 1. The maximum atomic E-state index is 6.30. The predicted octanol–water partition coefficient (Wildman–Crippen LogP) is 2.97. The van der Waals surface area contributed by atoms with Crippen LogP contribution in [0.25, 0.3) is 0 Å². The van der Waals surface area contributed by atoms with E-state index in [9.17, 15) is 0 Å². The van der Waals surface area contributed by atoms with Crippen LogP contribution < -0.4 is 5.73 Å². The third-order valence-corrected chi connectivity index (χ3v) is 6.12. The molecule has 3 heteroatoms. The molecule has 2 aliphatic rings. The predicted molar refractivity (Wildman–Crippen MR) is 82.1 cm³/mol. The highest BCUT2D eigenvalue weighted by Gasteiger charge is 2.45. The normalized spacial score (nSPS) is 35.7. The molecule has 0 aromatic rings. The van der Waals surface area contributed by atoms with Crippen LogP contribution >= 0.6 is 11.8 Å². The Labute approximate surface area is 117 Å². The topological polar surface area (TPSA) is 29.3 Å². The van der Waals surface area contributed by atoms with Gasteiger partial charge in [-0.1, -0.05) is 26.7 Å². The molecule has 0 bridgehead atoms. The van der Waals surface area contributed by atoms with Gasteiger partial charge in [0.25, 0.3) is 0 Å². The fraction of sp³-hybridized carbons (Fsp3) is 1.00. The lowest BCUT2D eigenvalue weighted by atomic mass is 9.66. The SMILES string of the molecule is CC(C)C1CCCCC1(CN)N1CCCSCC1. The highest BCUT2D eigenvalue weighted by molar-refractivity contribution is 7.99. The van der Waals surface area contributed by atoms with Gasteiger partial charge in [-0.3, -0.25) is 4.90 Å². The van der Waals surface area contributed by atoms with Crippen molar-refractivity contribution >= 4 is 11.8 Å². The van der Waals surface area contributed by atoms with Crippen LogP contribution in [0.2, 0.25) is 0 Å². The van der Waals surface area contributed by atoms with E-state index in [1.807, 2.05) is 0 Å². The van der Waals surface area contributed by atoms with Crippen molar-refractivity contribution in [2.24, 2.45) is 17.6 Å². The number of thioether (sulfide) groups is 1. The quantitative estimate of drug-likeness (QED) is 0.855. The van der Waals surface area contributed by atoms with Crippen LogP contribution in [-0.2, 0) is 0 Å². The van der Waals surface area contributed by atoms with Gasteiger partial charge in [0.05, 0.1) is 0 Å². The van der Waals surface area contributed by atoms with E-state index in [1.165, 1.54) is 56.7 Å². The molecule has 0 radical (unpaired) electrons. The van der Waals surface area contributed by atoms with Crippen molar-refractivity contribution in [3.05, 3.63) is 0 Å². The van der Waals surface area contributed by atoms with E-state index in [2.05, 4.69) is 30.5 Å². The first-order chi connectivity index (χ1) is 8.70. The summed E-state index contributed by atoms with van der Waals surface area (Å²) in [5.41, 5.74) is 6.62. The lowest BCUT2D eigenvalue weighted by Crippen LogP contribution is -2.61. The first-order valence-electron chi connectivity index (χ1n) is 7.73. The molecule has 1 saturated heterocycles. The molecular weight excluding hydrogens is 240 g/mol. The summed E-state index contributed by atoms with van der Waals surface area (Å²) in [7, 11) is 0. The minimum atomic E-state index is 0.317. The maximum absolute atomic E-state index is 6.30. The summed E-state index contributed by atoms with van der Waals surface area (Å²) in [4.78, 5) is 2.77. The van der Waals surface area contributed by atoms with Gasteiger partial charge in [-0.05, 0) is 43.4 Å². The van der Waals surface area contributed by atoms with Crippen LogP contribution in [0.1, 0.15) is 46.0 Å². The molecule has 1 saturated carbocycles. The van der Waals surface area contributed by atoms with E-state index in [4.69, 9.17) is 5.73 Å². The van der Waals surface area contributed by atoms with Gasteiger partial charge in [-0.2, -0.15) is 11.8 Å². The fourth-order valence-electron chi connectivity index (χ4n) is 4.17.